The lowest BCUT2D eigenvalue weighted by molar-refractivity contribution is -0.111. The van der Waals surface area contributed by atoms with E-state index in [-0.39, 0.29) is 30.0 Å². The van der Waals surface area contributed by atoms with Crippen LogP contribution in [0.5, 0.6) is 0 Å². The van der Waals surface area contributed by atoms with Crippen LogP contribution in [-0.2, 0) is 14.3 Å². The molecule has 0 aliphatic heterocycles. The zero-order valence-corrected chi connectivity index (χ0v) is 14.5. The number of nitrogens with one attached hydrogen (secondary N) is 1. The smallest absolute Gasteiger partial charge is 0.338 e. The van der Waals surface area contributed by atoms with Gasteiger partial charge < -0.3 is 19.2 Å². The summed E-state index contributed by atoms with van der Waals surface area (Å²) in [5.41, 5.74) is 0.554. The first kappa shape index (κ1) is 19.0. The molecule has 2 aromatic rings. The highest BCUT2D eigenvalue weighted by Crippen LogP contribution is 2.17. The molecule has 0 aliphatic rings. The molecule has 7 nitrogen and oxygen atoms in total. The minimum absolute atomic E-state index is 0.141. The second-order valence-electron chi connectivity index (χ2n) is 5.08. The normalized spacial score (nSPS) is 10.5. The van der Waals surface area contributed by atoms with Crippen molar-refractivity contribution >= 4 is 29.6 Å². The number of benzene rings is 1. The number of hydrogen-bond acceptors (Lipinski definition) is 6. The number of ether oxygens (including phenoxy) is 2. The molecule has 1 heterocycles. The van der Waals surface area contributed by atoms with Crippen molar-refractivity contribution < 1.29 is 28.3 Å². The number of hydrogen-bond donors (Lipinski definition) is 1. The van der Waals surface area contributed by atoms with E-state index in [9.17, 15) is 14.4 Å². The van der Waals surface area contributed by atoms with Crippen LogP contribution in [0.4, 0.5) is 5.69 Å². The quantitative estimate of drug-likeness (QED) is 0.603. The molecule has 7 heteroatoms. The van der Waals surface area contributed by atoms with E-state index in [4.69, 9.17) is 13.9 Å². The summed E-state index contributed by atoms with van der Waals surface area (Å²) in [7, 11) is 0. The largest absolute Gasteiger partial charge is 0.465 e. The van der Waals surface area contributed by atoms with Crippen LogP contribution in [0.15, 0.2) is 47.1 Å². The third-order valence-corrected chi connectivity index (χ3v) is 3.16. The maximum atomic E-state index is 12.0. The number of anilines is 1. The number of carbonyl (C=O) groups is 3. The van der Waals surface area contributed by atoms with Gasteiger partial charge >= 0.3 is 11.9 Å². The Morgan fingerprint density at radius 1 is 1.04 bits per heavy atom. The Kier molecular flexibility index (Phi) is 6.73. The van der Waals surface area contributed by atoms with E-state index < -0.39 is 17.8 Å². The number of esters is 2. The maximum Gasteiger partial charge on any atom is 0.338 e. The molecule has 1 N–H and O–H groups in total. The molecule has 0 atom stereocenters. The van der Waals surface area contributed by atoms with Gasteiger partial charge in [-0.3, -0.25) is 4.79 Å². The first-order valence-corrected chi connectivity index (χ1v) is 8.05. The molecule has 0 spiro atoms. The van der Waals surface area contributed by atoms with Crippen LogP contribution in [-0.4, -0.2) is 31.1 Å². The Hall–Kier alpha value is -3.35. The lowest BCUT2D eigenvalue weighted by Crippen LogP contribution is -2.13. The number of carbonyl (C=O) groups excluding carboxylic acids is 3. The van der Waals surface area contributed by atoms with Gasteiger partial charge in [-0.1, -0.05) is 0 Å². The molecule has 0 saturated carbocycles. The molecule has 0 radical (unpaired) electrons. The first-order valence-electron chi connectivity index (χ1n) is 8.05. The summed E-state index contributed by atoms with van der Waals surface area (Å²) in [4.78, 5) is 36.0. The van der Waals surface area contributed by atoms with Crippen LogP contribution in [0.2, 0.25) is 0 Å². The molecule has 0 bridgehead atoms. The molecular weight excluding hydrogens is 338 g/mol. The lowest BCUT2D eigenvalue weighted by atomic mass is 10.1. The summed E-state index contributed by atoms with van der Waals surface area (Å²) in [6.07, 6.45) is 4.27. The average Bonchev–Trinajstić information content (AvgIpc) is 3.13. The van der Waals surface area contributed by atoms with Gasteiger partial charge in [-0.15, -0.1) is 0 Å². The minimum Gasteiger partial charge on any atom is -0.465 e. The van der Waals surface area contributed by atoms with E-state index in [2.05, 4.69) is 5.32 Å². The van der Waals surface area contributed by atoms with Crippen molar-refractivity contribution in [2.45, 2.75) is 13.8 Å². The van der Waals surface area contributed by atoms with Crippen LogP contribution < -0.4 is 5.32 Å². The number of rotatable bonds is 7. The maximum absolute atomic E-state index is 12.0. The highest BCUT2D eigenvalue weighted by Gasteiger charge is 2.15. The van der Waals surface area contributed by atoms with E-state index in [0.717, 1.165) is 0 Å². The molecule has 2 rings (SSSR count). The molecule has 136 valence electrons. The summed E-state index contributed by atoms with van der Waals surface area (Å²) >= 11 is 0. The van der Waals surface area contributed by atoms with Crippen LogP contribution in [0.1, 0.15) is 40.3 Å². The van der Waals surface area contributed by atoms with E-state index in [0.29, 0.717) is 5.76 Å². The van der Waals surface area contributed by atoms with Gasteiger partial charge in [0, 0.05) is 11.8 Å². The molecule has 1 aromatic heterocycles. The SMILES string of the molecule is CCOC(=O)c1cc(NC(=O)C=Cc2ccco2)cc(C(=O)OCC)c1. The van der Waals surface area contributed by atoms with Gasteiger partial charge in [-0.2, -0.15) is 0 Å². The molecule has 0 unspecified atom stereocenters. The number of amides is 1. The fourth-order valence-electron chi connectivity index (χ4n) is 2.09. The molecule has 0 fully saturated rings. The third-order valence-electron chi connectivity index (χ3n) is 3.16. The molecular formula is C19H19NO6. The summed E-state index contributed by atoms with van der Waals surface area (Å²) in [6.45, 7) is 3.73. The zero-order chi connectivity index (χ0) is 18.9. The summed E-state index contributed by atoms with van der Waals surface area (Å²) in [5.74, 6) is -1.12. The van der Waals surface area contributed by atoms with E-state index >= 15 is 0 Å². The van der Waals surface area contributed by atoms with Crippen molar-refractivity contribution in [3.63, 3.8) is 0 Å². The Bertz CT molecular complexity index is 771. The fraction of sp³-hybridized carbons (Fsp3) is 0.211. The Morgan fingerprint density at radius 2 is 1.65 bits per heavy atom. The minimum atomic E-state index is -0.597. The fourth-order valence-corrected chi connectivity index (χ4v) is 2.09. The topological polar surface area (TPSA) is 94.8 Å². The highest BCUT2D eigenvalue weighted by molar-refractivity contribution is 6.04. The summed E-state index contributed by atoms with van der Waals surface area (Å²) in [5, 5.41) is 2.60. The van der Waals surface area contributed by atoms with Crippen LogP contribution >= 0.6 is 0 Å². The Labute approximate surface area is 150 Å². The van der Waals surface area contributed by atoms with E-state index in [1.165, 1.54) is 36.6 Å². The number of furan rings is 1. The van der Waals surface area contributed by atoms with Gasteiger partial charge in [0.05, 0.1) is 30.6 Å². The second-order valence-corrected chi connectivity index (χ2v) is 5.08. The van der Waals surface area contributed by atoms with Crippen molar-refractivity contribution in [2.24, 2.45) is 0 Å². The van der Waals surface area contributed by atoms with Crippen LogP contribution in [0.25, 0.3) is 6.08 Å². The average molecular weight is 357 g/mol. The van der Waals surface area contributed by atoms with Crippen molar-refractivity contribution in [2.75, 3.05) is 18.5 Å². The predicted molar refractivity (Wildman–Crippen MR) is 94.7 cm³/mol. The molecule has 0 aliphatic carbocycles. The summed E-state index contributed by atoms with van der Waals surface area (Å²) < 4.78 is 15.0. The van der Waals surface area contributed by atoms with Crippen molar-refractivity contribution in [3.8, 4) is 0 Å². The van der Waals surface area contributed by atoms with Gasteiger partial charge in [-0.25, -0.2) is 9.59 Å². The van der Waals surface area contributed by atoms with Crippen molar-refractivity contribution in [3.05, 3.63) is 59.6 Å². The van der Waals surface area contributed by atoms with Gasteiger partial charge in [0.2, 0.25) is 5.91 Å². The highest BCUT2D eigenvalue weighted by atomic mass is 16.5. The molecule has 1 amide bonds. The van der Waals surface area contributed by atoms with Crippen LogP contribution in [0.3, 0.4) is 0 Å². The lowest BCUT2D eigenvalue weighted by Gasteiger charge is -2.09. The van der Waals surface area contributed by atoms with Crippen LogP contribution in [0, 0.1) is 0 Å². The molecule has 0 saturated heterocycles. The zero-order valence-electron chi connectivity index (χ0n) is 14.5. The molecule has 1 aromatic carbocycles. The summed E-state index contributed by atoms with van der Waals surface area (Å²) in [6, 6.07) is 7.62. The van der Waals surface area contributed by atoms with Crippen molar-refractivity contribution in [1.29, 1.82) is 0 Å². The van der Waals surface area contributed by atoms with E-state index in [1.807, 2.05) is 0 Å². The monoisotopic (exact) mass is 357 g/mol. The van der Waals surface area contributed by atoms with Gasteiger partial charge in [0.15, 0.2) is 0 Å². The Morgan fingerprint density at radius 3 is 2.15 bits per heavy atom. The molecule has 26 heavy (non-hydrogen) atoms. The first-order chi connectivity index (χ1) is 12.5. The van der Waals surface area contributed by atoms with Gasteiger partial charge in [0.25, 0.3) is 0 Å². The second kappa shape index (κ2) is 9.22. The van der Waals surface area contributed by atoms with E-state index in [1.54, 1.807) is 26.0 Å². The van der Waals surface area contributed by atoms with Gasteiger partial charge in [-0.05, 0) is 50.3 Å². The van der Waals surface area contributed by atoms with Crippen molar-refractivity contribution in [1.82, 2.24) is 0 Å². The predicted octanol–water partition coefficient (Wildman–Crippen LogP) is 3.28. The van der Waals surface area contributed by atoms with Gasteiger partial charge in [0.1, 0.15) is 5.76 Å². The third kappa shape index (κ3) is 5.34. The Balaban J connectivity index is 2.23. The standard InChI is InChI=1S/C19H19NO6/c1-3-24-18(22)13-10-14(19(23)25-4-2)12-15(11-13)20-17(21)8-7-16-6-5-9-26-16/h5-12H,3-4H2,1-2H3,(H,20,21).